The van der Waals surface area contributed by atoms with Crippen LogP contribution in [-0.2, 0) is 10.0 Å². The summed E-state index contributed by atoms with van der Waals surface area (Å²) < 4.78 is 27.5. The van der Waals surface area contributed by atoms with Crippen molar-refractivity contribution in [1.29, 1.82) is 0 Å². The summed E-state index contributed by atoms with van der Waals surface area (Å²) >= 11 is 0. The number of carbonyl (C=O) groups excluding carboxylic acids is 1. The van der Waals surface area contributed by atoms with E-state index in [0.717, 1.165) is 31.2 Å². The summed E-state index contributed by atoms with van der Waals surface area (Å²) in [4.78, 5) is 12.7. The molecule has 28 heavy (non-hydrogen) atoms. The standard InChI is InChI=1S/C22H28N2O3S/c1-17-9-15-21(16-10-17)28(26,27)24-20-13-11-18(12-14-20)22(25)23-19-7-5-3-2-4-6-8-19/h9-16,19,24H,2-8H2,1H3,(H,23,25). The number of sulfonamides is 1. The molecule has 1 amide bonds. The highest BCUT2D eigenvalue weighted by molar-refractivity contribution is 7.92. The molecule has 0 aromatic heterocycles. The molecule has 0 bridgehead atoms. The van der Waals surface area contributed by atoms with Crippen LogP contribution in [0.2, 0.25) is 0 Å². The van der Waals surface area contributed by atoms with E-state index < -0.39 is 10.0 Å². The lowest BCUT2D eigenvalue weighted by atomic mass is 9.96. The molecule has 0 saturated heterocycles. The summed E-state index contributed by atoms with van der Waals surface area (Å²) in [5, 5.41) is 3.12. The predicted octanol–water partition coefficient (Wildman–Crippen LogP) is 4.64. The van der Waals surface area contributed by atoms with E-state index >= 15 is 0 Å². The first kappa shape index (κ1) is 20.4. The number of hydrogen-bond donors (Lipinski definition) is 2. The Bertz CT molecular complexity index is 882. The molecule has 6 heteroatoms. The molecule has 2 aromatic carbocycles. The maximum absolute atomic E-state index is 12.5. The van der Waals surface area contributed by atoms with Crippen LogP contribution in [0.3, 0.4) is 0 Å². The van der Waals surface area contributed by atoms with Gasteiger partial charge in [-0.1, -0.05) is 49.8 Å². The highest BCUT2D eigenvalue weighted by Gasteiger charge is 2.16. The first-order valence-corrected chi connectivity index (χ1v) is 11.4. The Labute approximate surface area is 167 Å². The minimum atomic E-state index is -3.64. The maximum atomic E-state index is 12.5. The lowest BCUT2D eigenvalue weighted by Crippen LogP contribution is -2.35. The first-order chi connectivity index (χ1) is 13.4. The normalized spacial score (nSPS) is 16.0. The Morgan fingerprint density at radius 2 is 1.43 bits per heavy atom. The zero-order valence-corrected chi connectivity index (χ0v) is 17.1. The monoisotopic (exact) mass is 400 g/mol. The van der Waals surface area contributed by atoms with Crippen LogP contribution in [0, 0.1) is 6.92 Å². The number of carbonyl (C=O) groups is 1. The maximum Gasteiger partial charge on any atom is 0.261 e. The van der Waals surface area contributed by atoms with Crippen molar-refractivity contribution in [3.8, 4) is 0 Å². The second-order valence-corrected chi connectivity index (χ2v) is 9.19. The van der Waals surface area contributed by atoms with Crippen LogP contribution in [0.15, 0.2) is 53.4 Å². The third-order valence-electron chi connectivity index (χ3n) is 5.17. The molecule has 0 aliphatic heterocycles. The van der Waals surface area contributed by atoms with Gasteiger partial charge < -0.3 is 5.32 Å². The van der Waals surface area contributed by atoms with Gasteiger partial charge in [0.05, 0.1) is 4.90 Å². The molecule has 150 valence electrons. The lowest BCUT2D eigenvalue weighted by molar-refractivity contribution is 0.0930. The van der Waals surface area contributed by atoms with Crippen molar-refractivity contribution in [3.05, 3.63) is 59.7 Å². The fourth-order valence-electron chi connectivity index (χ4n) is 3.49. The van der Waals surface area contributed by atoms with E-state index in [0.29, 0.717) is 11.3 Å². The van der Waals surface area contributed by atoms with Crippen molar-refractivity contribution in [2.75, 3.05) is 4.72 Å². The van der Waals surface area contributed by atoms with Gasteiger partial charge in [0.25, 0.3) is 15.9 Å². The number of rotatable bonds is 5. The highest BCUT2D eigenvalue weighted by Crippen LogP contribution is 2.19. The van der Waals surface area contributed by atoms with E-state index in [1.165, 1.54) is 19.3 Å². The Kier molecular flexibility index (Phi) is 6.73. The molecule has 2 aromatic rings. The van der Waals surface area contributed by atoms with Crippen LogP contribution in [0.5, 0.6) is 0 Å². The molecule has 0 radical (unpaired) electrons. The molecule has 0 heterocycles. The summed E-state index contributed by atoms with van der Waals surface area (Å²) in [7, 11) is -3.64. The van der Waals surface area contributed by atoms with Crippen LogP contribution in [0.25, 0.3) is 0 Å². The van der Waals surface area contributed by atoms with Crippen LogP contribution in [0.1, 0.15) is 60.9 Å². The minimum Gasteiger partial charge on any atom is -0.349 e. The van der Waals surface area contributed by atoms with Crippen LogP contribution >= 0.6 is 0 Å². The molecule has 1 aliphatic carbocycles. The smallest absolute Gasteiger partial charge is 0.261 e. The molecule has 5 nitrogen and oxygen atoms in total. The van der Waals surface area contributed by atoms with E-state index in [9.17, 15) is 13.2 Å². The second kappa shape index (κ2) is 9.24. The third kappa shape index (κ3) is 5.58. The predicted molar refractivity (Wildman–Crippen MR) is 112 cm³/mol. The number of nitrogens with one attached hydrogen (secondary N) is 2. The molecule has 1 saturated carbocycles. The zero-order chi connectivity index (χ0) is 20.0. The molecular weight excluding hydrogens is 372 g/mol. The Morgan fingerprint density at radius 1 is 0.857 bits per heavy atom. The van der Waals surface area contributed by atoms with E-state index in [1.54, 1.807) is 48.5 Å². The molecule has 1 aliphatic rings. The van der Waals surface area contributed by atoms with Gasteiger partial charge in [0.1, 0.15) is 0 Å². The fraction of sp³-hybridized carbons (Fsp3) is 0.409. The molecule has 2 N–H and O–H groups in total. The average molecular weight is 401 g/mol. The number of amides is 1. The molecule has 1 fully saturated rings. The van der Waals surface area contributed by atoms with Crippen LogP contribution in [0.4, 0.5) is 5.69 Å². The van der Waals surface area contributed by atoms with Crippen molar-refractivity contribution >= 4 is 21.6 Å². The average Bonchev–Trinajstić information content (AvgIpc) is 2.64. The summed E-state index contributed by atoms with van der Waals surface area (Å²) in [6.07, 6.45) is 8.14. The third-order valence-corrected chi connectivity index (χ3v) is 6.57. The fourth-order valence-corrected chi connectivity index (χ4v) is 4.55. The van der Waals surface area contributed by atoms with Crippen LogP contribution < -0.4 is 10.0 Å². The first-order valence-electron chi connectivity index (χ1n) is 9.94. The van der Waals surface area contributed by atoms with Gasteiger partial charge in [0.15, 0.2) is 0 Å². The van der Waals surface area contributed by atoms with Crippen molar-refractivity contribution in [2.45, 2.75) is 62.8 Å². The molecule has 0 unspecified atom stereocenters. The number of anilines is 1. The van der Waals surface area contributed by atoms with E-state index in [2.05, 4.69) is 10.0 Å². The minimum absolute atomic E-state index is 0.0986. The van der Waals surface area contributed by atoms with Gasteiger partial charge in [0, 0.05) is 17.3 Å². The van der Waals surface area contributed by atoms with Gasteiger partial charge in [-0.2, -0.15) is 0 Å². The number of hydrogen-bond acceptors (Lipinski definition) is 3. The summed E-state index contributed by atoms with van der Waals surface area (Å²) in [5.74, 6) is -0.0986. The molecule has 0 atom stereocenters. The highest BCUT2D eigenvalue weighted by atomic mass is 32.2. The second-order valence-electron chi connectivity index (χ2n) is 7.51. The van der Waals surface area contributed by atoms with Crippen molar-refractivity contribution in [1.82, 2.24) is 5.32 Å². The Hall–Kier alpha value is -2.34. The summed E-state index contributed by atoms with van der Waals surface area (Å²) in [6, 6.07) is 13.5. The molecular formula is C22H28N2O3S. The van der Waals surface area contributed by atoms with Gasteiger partial charge in [-0.25, -0.2) is 8.42 Å². The summed E-state index contributed by atoms with van der Waals surface area (Å²) in [6.45, 7) is 1.91. The largest absolute Gasteiger partial charge is 0.349 e. The van der Waals surface area contributed by atoms with E-state index in [1.807, 2.05) is 6.92 Å². The topological polar surface area (TPSA) is 75.3 Å². The number of aryl methyl sites for hydroxylation is 1. The quantitative estimate of drug-likeness (QED) is 0.768. The van der Waals surface area contributed by atoms with Crippen molar-refractivity contribution in [3.63, 3.8) is 0 Å². The van der Waals surface area contributed by atoms with Gasteiger partial charge in [-0.05, 0) is 56.2 Å². The summed E-state index contributed by atoms with van der Waals surface area (Å²) in [5.41, 5.74) is 1.97. The molecule has 3 rings (SSSR count). The Morgan fingerprint density at radius 3 is 2.04 bits per heavy atom. The van der Waals surface area contributed by atoms with Gasteiger partial charge in [-0.15, -0.1) is 0 Å². The zero-order valence-electron chi connectivity index (χ0n) is 16.3. The lowest BCUT2D eigenvalue weighted by Gasteiger charge is -2.21. The van der Waals surface area contributed by atoms with E-state index in [-0.39, 0.29) is 16.8 Å². The van der Waals surface area contributed by atoms with E-state index in [4.69, 9.17) is 0 Å². The Balaban J connectivity index is 1.62. The van der Waals surface area contributed by atoms with Crippen LogP contribution in [-0.4, -0.2) is 20.4 Å². The van der Waals surface area contributed by atoms with Gasteiger partial charge in [-0.3, -0.25) is 9.52 Å². The van der Waals surface area contributed by atoms with Gasteiger partial charge in [0.2, 0.25) is 0 Å². The molecule has 0 spiro atoms. The van der Waals surface area contributed by atoms with Crippen molar-refractivity contribution < 1.29 is 13.2 Å². The SMILES string of the molecule is Cc1ccc(S(=O)(=O)Nc2ccc(C(=O)NC3CCCCCCC3)cc2)cc1. The van der Waals surface area contributed by atoms with Crippen molar-refractivity contribution in [2.24, 2.45) is 0 Å². The number of benzene rings is 2. The van der Waals surface area contributed by atoms with Gasteiger partial charge >= 0.3 is 0 Å².